The Hall–Kier alpha value is -2.18. The van der Waals surface area contributed by atoms with Gasteiger partial charge in [0, 0.05) is 5.69 Å². The van der Waals surface area contributed by atoms with Gasteiger partial charge in [0.15, 0.2) is 0 Å². The maximum atomic E-state index is 12.3. The van der Waals surface area contributed by atoms with Crippen LogP contribution in [0.1, 0.15) is 23.6 Å². The van der Waals surface area contributed by atoms with Gasteiger partial charge in [0.1, 0.15) is 0 Å². The maximum absolute atomic E-state index is 12.3. The van der Waals surface area contributed by atoms with E-state index in [1.54, 1.807) is 18.2 Å². The van der Waals surface area contributed by atoms with E-state index in [0.717, 1.165) is 16.7 Å². The lowest BCUT2D eigenvalue weighted by Gasteiger charge is -2.15. The molecule has 2 rings (SSSR count). The average Bonchev–Trinajstić information content (AvgIpc) is 2.51. The van der Waals surface area contributed by atoms with Crippen LogP contribution in [0.5, 0.6) is 0 Å². The number of sulfonamides is 1. The van der Waals surface area contributed by atoms with Crippen molar-refractivity contribution in [1.82, 2.24) is 4.72 Å². The second-order valence-electron chi connectivity index (χ2n) is 5.94. The number of rotatable bonds is 5. The molecular weight excluding hydrogens is 324 g/mol. The Morgan fingerprint density at radius 1 is 0.958 bits per heavy atom. The first-order chi connectivity index (χ1) is 11.2. The van der Waals surface area contributed by atoms with Gasteiger partial charge in [-0.15, -0.1) is 0 Å². The minimum atomic E-state index is -3.74. The molecule has 24 heavy (non-hydrogen) atoms. The Balaban J connectivity index is 2.07. The third-order valence-electron chi connectivity index (χ3n) is 3.83. The molecule has 2 aromatic rings. The number of carbonyl (C=O) groups is 1. The van der Waals surface area contributed by atoms with Crippen molar-refractivity contribution < 1.29 is 13.2 Å². The first-order valence-electron chi connectivity index (χ1n) is 7.66. The van der Waals surface area contributed by atoms with E-state index in [0.29, 0.717) is 5.69 Å². The van der Waals surface area contributed by atoms with Crippen LogP contribution in [0.4, 0.5) is 5.69 Å². The molecule has 0 saturated carbocycles. The molecule has 0 aliphatic rings. The summed E-state index contributed by atoms with van der Waals surface area (Å²) in [5, 5.41) is 2.73. The highest BCUT2D eigenvalue weighted by atomic mass is 32.2. The van der Waals surface area contributed by atoms with Crippen LogP contribution in [0.25, 0.3) is 0 Å². The molecule has 0 aliphatic heterocycles. The van der Waals surface area contributed by atoms with Crippen LogP contribution in [0.3, 0.4) is 0 Å². The number of hydrogen-bond acceptors (Lipinski definition) is 3. The lowest BCUT2D eigenvalue weighted by atomic mass is 10.1. The fourth-order valence-corrected chi connectivity index (χ4v) is 3.34. The highest BCUT2D eigenvalue weighted by molar-refractivity contribution is 7.89. The lowest BCUT2D eigenvalue weighted by molar-refractivity contribution is -0.117. The van der Waals surface area contributed by atoms with Gasteiger partial charge in [0.25, 0.3) is 0 Å². The number of carbonyl (C=O) groups excluding carboxylic acids is 1. The van der Waals surface area contributed by atoms with Crippen LogP contribution in [0, 0.1) is 20.8 Å². The smallest absolute Gasteiger partial charge is 0.242 e. The molecule has 128 valence electrons. The van der Waals surface area contributed by atoms with E-state index >= 15 is 0 Å². The van der Waals surface area contributed by atoms with Gasteiger partial charge < -0.3 is 5.32 Å². The van der Waals surface area contributed by atoms with Crippen molar-refractivity contribution in [2.24, 2.45) is 0 Å². The van der Waals surface area contributed by atoms with E-state index in [2.05, 4.69) is 10.0 Å². The fraction of sp³-hybridized carbons (Fsp3) is 0.278. The third-order valence-corrected chi connectivity index (χ3v) is 5.39. The number of nitrogens with one attached hydrogen (secondary N) is 2. The average molecular weight is 346 g/mol. The summed E-state index contributed by atoms with van der Waals surface area (Å²) in [7, 11) is -3.74. The van der Waals surface area contributed by atoms with Crippen LogP contribution >= 0.6 is 0 Å². The molecule has 5 nitrogen and oxygen atoms in total. The Bertz CT molecular complexity index is 843. The summed E-state index contributed by atoms with van der Waals surface area (Å²) >= 11 is 0. The molecule has 0 bridgehead atoms. The quantitative estimate of drug-likeness (QED) is 0.874. The van der Waals surface area contributed by atoms with Crippen LogP contribution in [-0.4, -0.2) is 20.4 Å². The molecule has 0 fully saturated rings. The molecule has 0 radical (unpaired) electrons. The summed E-state index contributed by atoms with van der Waals surface area (Å²) in [5.41, 5.74) is 3.79. The Kier molecular flexibility index (Phi) is 5.41. The van der Waals surface area contributed by atoms with Crippen LogP contribution in [-0.2, 0) is 14.8 Å². The zero-order valence-electron chi connectivity index (χ0n) is 14.3. The number of anilines is 1. The van der Waals surface area contributed by atoms with Gasteiger partial charge in [-0.2, -0.15) is 4.72 Å². The van der Waals surface area contributed by atoms with Crippen molar-refractivity contribution in [2.45, 2.75) is 38.6 Å². The molecule has 0 aromatic heterocycles. The van der Waals surface area contributed by atoms with Gasteiger partial charge in [0.2, 0.25) is 15.9 Å². The summed E-state index contributed by atoms with van der Waals surface area (Å²) < 4.78 is 27.0. The molecule has 1 unspecified atom stereocenters. The molecule has 1 amide bonds. The topological polar surface area (TPSA) is 75.3 Å². The molecule has 0 heterocycles. The summed E-state index contributed by atoms with van der Waals surface area (Å²) in [5.74, 6) is -0.408. The van der Waals surface area contributed by atoms with E-state index in [1.807, 2.05) is 32.9 Å². The summed E-state index contributed by atoms with van der Waals surface area (Å²) in [6.07, 6.45) is 0. The van der Waals surface area contributed by atoms with Crippen molar-refractivity contribution in [1.29, 1.82) is 0 Å². The second-order valence-corrected chi connectivity index (χ2v) is 7.66. The van der Waals surface area contributed by atoms with Gasteiger partial charge in [-0.25, -0.2) is 8.42 Å². The molecule has 2 aromatic carbocycles. The highest BCUT2D eigenvalue weighted by Gasteiger charge is 2.22. The van der Waals surface area contributed by atoms with E-state index < -0.39 is 22.0 Å². The predicted octanol–water partition coefficient (Wildman–Crippen LogP) is 2.92. The molecule has 2 N–H and O–H groups in total. The van der Waals surface area contributed by atoms with Gasteiger partial charge in [-0.1, -0.05) is 23.8 Å². The molecule has 6 heteroatoms. The number of aryl methyl sites for hydroxylation is 3. The van der Waals surface area contributed by atoms with Crippen molar-refractivity contribution in [3.05, 3.63) is 59.2 Å². The molecule has 0 aliphatic carbocycles. The normalized spacial score (nSPS) is 12.7. The SMILES string of the molecule is Cc1ccc(S(=O)(=O)NC(C)C(=O)Nc2ccc(C)c(C)c2)cc1. The molecule has 0 spiro atoms. The molecular formula is C18H22N2O3S. The monoisotopic (exact) mass is 346 g/mol. The van der Waals surface area contributed by atoms with E-state index in [-0.39, 0.29) is 4.90 Å². The summed E-state index contributed by atoms with van der Waals surface area (Å²) in [6, 6.07) is 11.1. The zero-order chi connectivity index (χ0) is 17.9. The largest absolute Gasteiger partial charge is 0.325 e. The highest BCUT2D eigenvalue weighted by Crippen LogP contribution is 2.15. The second kappa shape index (κ2) is 7.15. The van der Waals surface area contributed by atoms with E-state index in [4.69, 9.17) is 0 Å². The van der Waals surface area contributed by atoms with Gasteiger partial charge >= 0.3 is 0 Å². The van der Waals surface area contributed by atoms with Gasteiger partial charge in [-0.05, 0) is 63.1 Å². The minimum absolute atomic E-state index is 0.138. The standard InChI is InChI=1S/C18H22N2O3S/c1-12-5-9-17(10-6-12)24(22,23)20-15(4)18(21)19-16-8-7-13(2)14(3)11-16/h5-11,15,20H,1-4H3,(H,19,21). The van der Waals surface area contributed by atoms with Gasteiger partial charge in [0.05, 0.1) is 10.9 Å². The number of benzene rings is 2. The maximum Gasteiger partial charge on any atom is 0.242 e. The Labute approximate surface area is 143 Å². The van der Waals surface area contributed by atoms with Crippen LogP contribution in [0.2, 0.25) is 0 Å². The summed E-state index contributed by atoms with van der Waals surface area (Å²) in [6.45, 7) is 7.33. The molecule has 1 atom stereocenters. The van der Waals surface area contributed by atoms with E-state index in [9.17, 15) is 13.2 Å². The minimum Gasteiger partial charge on any atom is -0.325 e. The van der Waals surface area contributed by atoms with Crippen molar-refractivity contribution in [3.63, 3.8) is 0 Å². The van der Waals surface area contributed by atoms with Crippen molar-refractivity contribution in [3.8, 4) is 0 Å². The first kappa shape index (κ1) is 18.2. The Morgan fingerprint density at radius 3 is 2.17 bits per heavy atom. The predicted molar refractivity (Wildman–Crippen MR) is 95.5 cm³/mol. The van der Waals surface area contributed by atoms with Crippen molar-refractivity contribution in [2.75, 3.05) is 5.32 Å². The first-order valence-corrected chi connectivity index (χ1v) is 9.14. The number of amides is 1. The third kappa shape index (κ3) is 4.43. The van der Waals surface area contributed by atoms with Crippen LogP contribution < -0.4 is 10.0 Å². The fourth-order valence-electron chi connectivity index (χ4n) is 2.14. The van der Waals surface area contributed by atoms with Crippen molar-refractivity contribution >= 4 is 21.6 Å². The Morgan fingerprint density at radius 2 is 1.58 bits per heavy atom. The lowest BCUT2D eigenvalue weighted by Crippen LogP contribution is -2.41. The molecule has 0 saturated heterocycles. The van der Waals surface area contributed by atoms with Crippen LogP contribution in [0.15, 0.2) is 47.4 Å². The zero-order valence-corrected chi connectivity index (χ0v) is 15.1. The van der Waals surface area contributed by atoms with Gasteiger partial charge in [-0.3, -0.25) is 4.79 Å². The van der Waals surface area contributed by atoms with E-state index in [1.165, 1.54) is 19.1 Å². The summed E-state index contributed by atoms with van der Waals surface area (Å²) in [4.78, 5) is 12.4. The number of hydrogen-bond donors (Lipinski definition) is 2.